The first-order valence-electron chi connectivity index (χ1n) is 11.5. The van der Waals surface area contributed by atoms with Crippen molar-refractivity contribution in [2.24, 2.45) is 11.3 Å². The summed E-state index contributed by atoms with van der Waals surface area (Å²) >= 11 is 0. The predicted molar refractivity (Wildman–Crippen MR) is 121 cm³/mol. The lowest BCUT2D eigenvalue weighted by molar-refractivity contribution is -0.137. The number of nitrogens with zero attached hydrogens (tertiary/aromatic N) is 3. The van der Waals surface area contributed by atoms with Gasteiger partial charge < -0.3 is 24.6 Å². The van der Waals surface area contributed by atoms with Crippen LogP contribution in [0.2, 0.25) is 0 Å². The summed E-state index contributed by atoms with van der Waals surface area (Å²) in [5.41, 5.74) is -1.13. The van der Waals surface area contributed by atoms with Gasteiger partial charge in [0.1, 0.15) is 0 Å². The van der Waals surface area contributed by atoms with Crippen LogP contribution in [0.15, 0.2) is 18.2 Å². The molecule has 3 rings (SSSR count). The number of hydrogen-bond donors (Lipinski definition) is 1. The van der Waals surface area contributed by atoms with E-state index in [1.165, 1.54) is 13.0 Å². The van der Waals surface area contributed by atoms with Crippen molar-refractivity contribution in [2.75, 3.05) is 64.6 Å². The number of amides is 2. The maximum absolute atomic E-state index is 13.4. The Hall–Kier alpha value is -2.84. The lowest BCUT2D eigenvalue weighted by atomic mass is 9.71. The zero-order chi connectivity index (χ0) is 25.6. The fourth-order valence-corrected chi connectivity index (χ4v) is 4.97. The van der Waals surface area contributed by atoms with Crippen molar-refractivity contribution in [1.82, 2.24) is 10.2 Å². The molecule has 0 saturated carbocycles. The van der Waals surface area contributed by atoms with Crippen molar-refractivity contribution in [1.29, 1.82) is 5.26 Å². The highest BCUT2D eigenvalue weighted by Crippen LogP contribution is 2.46. The number of hydrogen-bond acceptors (Lipinski definition) is 6. The van der Waals surface area contributed by atoms with Crippen molar-refractivity contribution < 1.29 is 32.2 Å². The van der Waals surface area contributed by atoms with Crippen LogP contribution in [0, 0.1) is 22.7 Å². The number of benzene rings is 1. The average Bonchev–Trinajstić information content (AvgIpc) is 3.17. The molecule has 2 fully saturated rings. The molecular formula is C24H31F3N4O4. The van der Waals surface area contributed by atoms with Gasteiger partial charge in [0.25, 0.3) is 0 Å². The minimum Gasteiger partial charge on any atom is -0.382 e. The molecule has 2 heterocycles. The number of carbonyl (C=O) groups excluding carboxylic acids is 2. The standard InChI is InChI=1S/C24H31F3N4O4/c1-17(32)29-13-22(33)31-14-19(15-35-10-9-34-2)23(16-31)5-7-30(8-6-23)20-4-3-18(12-28)21(11-20)24(25,26)27/h3-4,11,19H,5-10,13-16H2,1-2H3,(H,29,32). The molecule has 35 heavy (non-hydrogen) atoms. The van der Waals surface area contributed by atoms with Gasteiger partial charge in [-0.05, 0) is 36.5 Å². The van der Waals surface area contributed by atoms with Crippen LogP contribution < -0.4 is 10.2 Å². The molecule has 1 aromatic carbocycles. The maximum atomic E-state index is 13.4. The Morgan fingerprint density at radius 1 is 1.26 bits per heavy atom. The summed E-state index contributed by atoms with van der Waals surface area (Å²) in [7, 11) is 1.59. The number of anilines is 1. The van der Waals surface area contributed by atoms with Crippen LogP contribution in [0.5, 0.6) is 0 Å². The zero-order valence-electron chi connectivity index (χ0n) is 20.0. The molecule has 0 radical (unpaired) electrons. The molecule has 1 spiro atoms. The number of methoxy groups -OCH3 is 1. The monoisotopic (exact) mass is 496 g/mol. The number of halogens is 3. The van der Waals surface area contributed by atoms with Gasteiger partial charge in [0.05, 0.1) is 43.6 Å². The lowest BCUT2D eigenvalue weighted by Crippen LogP contribution is -2.46. The third-order valence-corrected chi connectivity index (χ3v) is 6.96. The third kappa shape index (κ3) is 6.44. The number of nitrogens with one attached hydrogen (secondary N) is 1. The maximum Gasteiger partial charge on any atom is 0.417 e. The molecule has 2 aliphatic heterocycles. The van der Waals surface area contributed by atoms with E-state index in [0.29, 0.717) is 64.5 Å². The smallest absolute Gasteiger partial charge is 0.382 e. The van der Waals surface area contributed by atoms with Gasteiger partial charge in [-0.2, -0.15) is 18.4 Å². The predicted octanol–water partition coefficient (Wildman–Crippen LogP) is 2.42. The number of piperidine rings is 1. The molecule has 1 aromatic rings. The molecule has 1 unspecified atom stereocenters. The highest BCUT2D eigenvalue weighted by atomic mass is 19.4. The highest BCUT2D eigenvalue weighted by molar-refractivity contribution is 5.84. The van der Waals surface area contributed by atoms with Crippen molar-refractivity contribution in [2.45, 2.75) is 25.9 Å². The topological polar surface area (TPSA) is 94.9 Å². The Morgan fingerprint density at radius 2 is 1.97 bits per heavy atom. The molecule has 2 saturated heterocycles. The fourth-order valence-electron chi connectivity index (χ4n) is 4.97. The summed E-state index contributed by atoms with van der Waals surface area (Å²) in [4.78, 5) is 27.5. The van der Waals surface area contributed by atoms with E-state index in [4.69, 9.17) is 14.7 Å². The van der Waals surface area contributed by atoms with Gasteiger partial charge in [-0.1, -0.05) is 0 Å². The van der Waals surface area contributed by atoms with E-state index in [1.54, 1.807) is 24.1 Å². The number of ether oxygens (including phenoxy) is 2. The molecule has 2 amide bonds. The van der Waals surface area contributed by atoms with Gasteiger partial charge in [0, 0.05) is 51.8 Å². The quantitative estimate of drug-likeness (QED) is 0.556. The largest absolute Gasteiger partial charge is 0.417 e. The molecule has 2 aliphatic rings. The number of likely N-dealkylation sites (tertiary alicyclic amines) is 1. The fraction of sp³-hybridized carbons (Fsp3) is 0.625. The Morgan fingerprint density at radius 3 is 2.57 bits per heavy atom. The lowest BCUT2D eigenvalue weighted by Gasteiger charge is -2.43. The molecule has 11 heteroatoms. The Balaban J connectivity index is 1.73. The van der Waals surface area contributed by atoms with E-state index in [2.05, 4.69) is 5.32 Å². The summed E-state index contributed by atoms with van der Waals surface area (Å²) in [6.07, 6.45) is -3.25. The molecule has 0 aliphatic carbocycles. The molecule has 0 aromatic heterocycles. The van der Waals surface area contributed by atoms with E-state index < -0.39 is 17.3 Å². The first-order chi connectivity index (χ1) is 16.6. The van der Waals surface area contributed by atoms with E-state index in [0.717, 1.165) is 6.07 Å². The van der Waals surface area contributed by atoms with Crippen LogP contribution in [0.3, 0.4) is 0 Å². The third-order valence-electron chi connectivity index (χ3n) is 6.96. The van der Waals surface area contributed by atoms with Crippen LogP contribution in [0.1, 0.15) is 30.9 Å². The SMILES string of the molecule is COCCOCC1CN(C(=O)CNC(C)=O)CC12CCN(c1ccc(C#N)c(C(F)(F)F)c1)CC2. The van der Waals surface area contributed by atoms with Crippen molar-refractivity contribution >= 4 is 17.5 Å². The summed E-state index contributed by atoms with van der Waals surface area (Å²) in [5, 5.41) is 11.6. The zero-order valence-corrected chi connectivity index (χ0v) is 20.0. The first-order valence-corrected chi connectivity index (χ1v) is 11.5. The summed E-state index contributed by atoms with van der Waals surface area (Å²) in [6, 6.07) is 5.42. The number of alkyl halides is 3. The van der Waals surface area contributed by atoms with Crippen molar-refractivity contribution in [3.05, 3.63) is 29.3 Å². The van der Waals surface area contributed by atoms with Crippen LogP contribution in [0.25, 0.3) is 0 Å². The second-order valence-corrected chi connectivity index (χ2v) is 9.14. The summed E-state index contributed by atoms with van der Waals surface area (Å²) in [5.74, 6) is -0.376. The van der Waals surface area contributed by atoms with E-state index in [9.17, 15) is 22.8 Å². The van der Waals surface area contributed by atoms with E-state index >= 15 is 0 Å². The van der Waals surface area contributed by atoms with Crippen LogP contribution in [-0.2, 0) is 25.2 Å². The highest BCUT2D eigenvalue weighted by Gasteiger charge is 2.49. The second kappa shape index (κ2) is 11.3. The van der Waals surface area contributed by atoms with Crippen molar-refractivity contribution in [3.8, 4) is 6.07 Å². The Bertz CT molecular complexity index is 955. The first kappa shape index (κ1) is 26.8. The minimum atomic E-state index is -4.61. The summed E-state index contributed by atoms with van der Waals surface area (Å²) < 4.78 is 51.1. The molecule has 1 N–H and O–H groups in total. The van der Waals surface area contributed by atoms with E-state index in [-0.39, 0.29) is 29.7 Å². The summed E-state index contributed by atoms with van der Waals surface area (Å²) in [6.45, 7) is 4.67. The number of carbonyl (C=O) groups is 2. The number of nitriles is 1. The Kier molecular flexibility index (Phi) is 8.61. The van der Waals surface area contributed by atoms with Crippen LogP contribution in [0.4, 0.5) is 18.9 Å². The van der Waals surface area contributed by atoms with Gasteiger partial charge in [-0.3, -0.25) is 9.59 Å². The Labute approximate surface area is 202 Å². The van der Waals surface area contributed by atoms with Gasteiger partial charge in [-0.15, -0.1) is 0 Å². The minimum absolute atomic E-state index is 0.0643. The van der Waals surface area contributed by atoms with Gasteiger partial charge >= 0.3 is 6.18 Å². The van der Waals surface area contributed by atoms with Gasteiger partial charge in [-0.25, -0.2) is 0 Å². The van der Waals surface area contributed by atoms with E-state index in [1.807, 2.05) is 4.90 Å². The van der Waals surface area contributed by atoms with Crippen molar-refractivity contribution in [3.63, 3.8) is 0 Å². The molecular weight excluding hydrogens is 465 g/mol. The van der Waals surface area contributed by atoms with Gasteiger partial charge in [0.2, 0.25) is 11.8 Å². The normalized spacial score (nSPS) is 19.6. The van der Waals surface area contributed by atoms with Crippen LogP contribution >= 0.6 is 0 Å². The average molecular weight is 497 g/mol. The second-order valence-electron chi connectivity index (χ2n) is 9.14. The number of rotatable bonds is 8. The molecule has 0 bridgehead atoms. The molecule has 192 valence electrons. The van der Waals surface area contributed by atoms with Gasteiger partial charge in [0.15, 0.2) is 0 Å². The molecule has 1 atom stereocenters. The molecule has 8 nitrogen and oxygen atoms in total. The van der Waals surface area contributed by atoms with Crippen LogP contribution in [-0.4, -0.2) is 76.4 Å².